The maximum Gasteiger partial charge on any atom is 0.347 e. The van der Waals surface area contributed by atoms with Crippen LogP contribution in [-0.4, -0.2) is 14.9 Å². The SMILES string of the molecule is Cc1c[nH]c(=O)c([N+](=O)[O-])c1Sc1nc2ccccc2s1. The Hall–Kier alpha value is -2.19. The second-order valence-electron chi connectivity index (χ2n) is 4.29. The van der Waals surface area contributed by atoms with Gasteiger partial charge in [-0.25, -0.2) is 4.98 Å². The smallest absolute Gasteiger partial charge is 0.323 e. The maximum atomic E-state index is 11.7. The van der Waals surface area contributed by atoms with Crippen LogP contribution in [0.4, 0.5) is 5.69 Å². The first-order valence-electron chi connectivity index (χ1n) is 5.96. The normalized spacial score (nSPS) is 10.9. The van der Waals surface area contributed by atoms with Gasteiger partial charge < -0.3 is 4.98 Å². The van der Waals surface area contributed by atoms with E-state index in [-0.39, 0.29) is 0 Å². The van der Waals surface area contributed by atoms with Gasteiger partial charge in [-0.1, -0.05) is 23.9 Å². The molecule has 3 aromatic rings. The molecule has 0 spiro atoms. The average Bonchev–Trinajstić information content (AvgIpc) is 2.85. The summed E-state index contributed by atoms with van der Waals surface area (Å²) in [6.45, 7) is 1.72. The topological polar surface area (TPSA) is 88.9 Å². The Labute approximate surface area is 127 Å². The number of hydrogen-bond acceptors (Lipinski definition) is 6. The number of hydrogen-bond donors (Lipinski definition) is 1. The van der Waals surface area contributed by atoms with Crippen LogP contribution in [0.15, 0.2) is 44.5 Å². The van der Waals surface area contributed by atoms with E-state index in [4.69, 9.17) is 0 Å². The molecule has 1 aromatic carbocycles. The van der Waals surface area contributed by atoms with E-state index in [1.54, 1.807) is 6.92 Å². The van der Waals surface area contributed by atoms with Gasteiger partial charge in [0.25, 0.3) is 0 Å². The van der Waals surface area contributed by atoms with Gasteiger partial charge in [-0.05, 0) is 24.6 Å². The van der Waals surface area contributed by atoms with Gasteiger partial charge in [0.15, 0.2) is 4.34 Å². The standard InChI is InChI=1S/C13H9N3O3S2/c1-7-6-14-12(17)10(16(18)19)11(7)21-13-15-8-4-2-3-5-9(8)20-13/h2-6H,1H3,(H,14,17). The number of H-pyrrole nitrogens is 1. The Morgan fingerprint density at radius 1 is 1.38 bits per heavy atom. The van der Waals surface area contributed by atoms with E-state index in [0.29, 0.717) is 14.8 Å². The molecule has 2 heterocycles. The summed E-state index contributed by atoms with van der Waals surface area (Å²) in [6.07, 6.45) is 1.48. The Balaban J connectivity index is 2.11. The van der Waals surface area contributed by atoms with Crippen molar-refractivity contribution in [3.63, 3.8) is 0 Å². The van der Waals surface area contributed by atoms with Crippen LogP contribution in [0.5, 0.6) is 0 Å². The lowest BCUT2D eigenvalue weighted by atomic mass is 10.3. The van der Waals surface area contributed by atoms with Crippen LogP contribution in [-0.2, 0) is 0 Å². The molecule has 0 amide bonds. The molecule has 21 heavy (non-hydrogen) atoms. The largest absolute Gasteiger partial charge is 0.347 e. The molecule has 1 N–H and O–H groups in total. The molecule has 0 aliphatic heterocycles. The van der Waals surface area contributed by atoms with Crippen molar-refractivity contribution in [1.82, 2.24) is 9.97 Å². The fourth-order valence-corrected chi connectivity index (χ4v) is 4.06. The number of para-hydroxylation sites is 1. The minimum absolute atomic E-state index is 0.336. The summed E-state index contributed by atoms with van der Waals surface area (Å²) < 4.78 is 1.68. The fourth-order valence-electron chi connectivity index (χ4n) is 1.87. The highest BCUT2D eigenvalue weighted by atomic mass is 32.2. The molecule has 0 bridgehead atoms. The third-order valence-electron chi connectivity index (χ3n) is 2.85. The Morgan fingerprint density at radius 3 is 2.86 bits per heavy atom. The highest BCUT2D eigenvalue weighted by molar-refractivity contribution is 8.01. The fraction of sp³-hybridized carbons (Fsp3) is 0.0769. The number of pyridine rings is 1. The summed E-state index contributed by atoms with van der Waals surface area (Å²) in [6, 6.07) is 7.62. The third kappa shape index (κ3) is 2.55. The van der Waals surface area contributed by atoms with Gasteiger partial charge in [0.2, 0.25) is 0 Å². The van der Waals surface area contributed by atoms with Gasteiger partial charge in [0, 0.05) is 6.20 Å². The van der Waals surface area contributed by atoms with Crippen LogP contribution < -0.4 is 5.56 Å². The lowest BCUT2D eigenvalue weighted by molar-refractivity contribution is -0.389. The predicted molar refractivity (Wildman–Crippen MR) is 82.2 cm³/mol. The third-order valence-corrected chi connectivity index (χ3v) is 5.17. The van der Waals surface area contributed by atoms with Gasteiger partial charge in [0.05, 0.1) is 15.1 Å². The van der Waals surface area contributed by atoms with Crippen LogP contribution in [0.3, 0.4) is 0 Å². The minimum Gasteiger partial charge on any atom is -0.323 e. The number of benzene rings is 1. The molecule has 0 unspecified atom stereocenters. The number of nitrogens with one attached hydrogen (secondary N) is 1. The minimum atomic E-state index is -0.700. The number of aromatic amines is 1. The summed E-state index contributed by atoms with van der Waals surface area (Å²) in [7, 11) is 0. The predicted octanol–water partition coefficient (Wildman–Crippen LogP) is 3.35. The number of fused-ring (bicyclic) bond motifs is 1. The number of nitrogens with zero attached hydrogens (tertiary/aromatic N) is 2. The maximum absolute atomic E-state index is 11.7. The van der Waals surface area contributed by atoms with Crippen LogP contribution >= 0.6 is 23.1 Å². The second kappa shape index (κ2) is 5.30. The monoisotopic (exact) mass is 319 g/mol. The van der Waals surface area contributed by atoms with Crippen molar-refractivity contribution in [2.45, 2.75) is 16.2 Å². The van der Waals surface area contributed by atoms with Crippen molar-refractivity contribution in [3.8, 4) is 0 Å². The molecule has 3 rings (SSSR count). The lowest BCUT2D eigenvalue weighted by Gasteiger charge is -2.02. The molecular weight excluding hydrogens is 310 g/mol. The van der Waals surface area contributed by atoms with E-state index in [1.165, 1.54) is 17.5 Å². The van der Waals surface area contributed by atoms with E-state index >= 15 is 0 Å². The Bertz CT molecular complexity index is 868. The van der Waals surface area contributed by atoms with E-state index < -0.39 is 16.2 Å². The summed E-state index contributed by atoms with van der Waals surface area (Å²) in [5.74, 6) is 0. The van der Waals surface area contributed by atoms with Crippen molar-refractivity contribution < 1.29 is 4.92 Å². The molecule has 0 saturated carbocycles. The number of aryl methyl sites for hydroxylation is 1. The van der Waals surface area contributed by atoms with Gasteiger partial charge in [-0.3, -0.25) is 14.9 Å². The molecule has 0 saturated heterocycles. The molecule has 0 fully saturated rings. The van der Waals surface area contributed by atoms with Gasteiger partial charge >= 0.3 is 11.2 Å². The van der Waals surface area contributed by atoms with Crippen molar-refractivity contribution in [3.05, 3.63) is 56.5 Å². The van der Waals surface area contributed by atoms with Gasteiger partial charge in [0.1, 0.15) is 4.90 Å². The van der Waals surface area contributed by atoms with Crippen molar-refractivity contribution in [2.75, 3.05) is 0 Å². The number of rotatable bonds is 3. The highest BCUT2D eigenvalue weighted by Gasteiger charge is 2.23. The van der Waals surface area contributed by atoms with Crippen LogP contribution in [0.25, 0.3) is 10.2 Å². The first-order valence-corrected chi connectivity index (χ1v) is 7.59. The number of thiazole rings is 1. The summed E-state index contributed by atoms with van der Waals surface area (Å²) in [5.41, 5.74) is 0.356. The summed E-state index contributed by atoms with van der Waals surface area (Å²) >= 11 is 2.60. The zero-order valence-corrected chi connectivity index (χ0v) is 12.5. The van der Waals surface area contributed by atoms with E-state index in [0.717, 1.165) is 22.0 Å². The van der Waals surface area contributed by atoms with Crippen LogP contribution in [0, 0.1) is 17.0 Å². The second-order valence-corrected chi connectivity index (χ2v) is 6.57. The highest BCUT2D eigenvalue weighted by Crippen LogP contribution is 2.38. The molecule has 0 aliphatic rings. The van der Waals surface area contributed by atoms with Gasteiger partial charge in [-0.2, -0.15) is 0 Å². The molecule has 0 atom stereocenters. The molecule has 8 heteroatoms. The Morgan fingerprint density at radius 2 is 2.14 bits per heavy atom. The molecular formula is C13H9N3O3S2. The van der Waals surface area contributed by atoms with Gasteiger partial charge in [-0.15, -0.1) is 11.3 Å². The Kier molecular flexibility index (Phi) is 3.48. The van der Waals surface area contributed by atoms with Crippen molar-refractivity contribution in [2.24, 2.45) is 0 Å². The van der Waals surface area contributed by atoms with E-state index in [1.807, 2.05) is 24.3 Å². The zero-order chi connectivity index (χ0) is 15.0. The first kappa shape index (κ1) is 13.8. The molecule has 2 aromatic heterocycles. The summed E-state index contributed by atoms with van der Waals surface area (Å²) in [4.78, 5) is 29.3. The summed E-state index contributed by atoms with van der Waals surface area (Å²) in [5, 5.41) is 11.1. The van der Waals surface area contributed by atoms with Crippen LogP contribution in [0.1, 0.15) is 5.56 Å². The number of aromatic nitrogens is 2. The lowest BCUT2D eigenvalue weighted by Crippen LogP contribution is -2.13. The molecule has 0 radical (unpaired) electrons. The first-order chi connectivity index (χ1) is 10.1. The molecule has 6 nitrogen and oxygen atoms in total. The van der Waals surface area contributed by atoms with E-state index in [9.17, 15) is 14.9 Å². The average molecular weight is 319 g/mol. The zero-order valence-electron chi connectivity index (χ0n) is 10.8. The molecule has 0 aliphatic carbocycles. The van der Waals surface area contributed by atoms with E-state index in [2.05, 4.69) is 9.97 Å². The number of nitro groups is 1. The quantitative estimate of drug-likeness (QED) is 0.590. The molecule has 106 valence electrons. The van der Waals surface area contributed by atoms with Crippen molar-refractivity contribution in [1.29, 1.82) is 0 Å². The van der Waals surface area contributed by atoms with Crippen LogP contribution in [0.2, 0.25) is 0 Å². The van der Waals surface area contributed by atoms with Crippen molar-refractivity contribution >= 4 is 39.0 Å².